The van der Waals surface area contributed by atoms with E-state index in [0.29, 0.717) is 0 Å². The van der Waals surface area contributed by atoms with Crippen molar-refractivity contribution in [1.82, 2.24) is 0 Å². The summed E-state index contributed by atoms with van der Waals surface area (Å²) in [5.74, 6) is -3.34. The Hall–Kier alpha value is -1.04. The first-order valence-electron chi connectivity index (χ1n) is 4.76. The van der Waals surface area contributed by atoms with E-state index in [-0.39, 0.29) is 0 Å². The summed E-state index contributed by atoms with van der Waals surface area (Å²) < 4.78 is 60.3. The molecular formula is C8H14O9S2. The van der Waals surface area contributed by atoms with Crippen LogP contribution in [0.4, 0.5) is 0 Å². The Balaban J connectivity index is 5.33. The van der Waals surface area contributed by atoms with Crippen molar-refractivity contribution < 1.29 is 40.3 Å². The van der Waals surface area contributed by atoms with Crippen LogP contribution in [0.3, 0.4) is 0 Å². The van der Waals surface area contributed by atoms with E-state index < -0.39 is 41.7 Å². The number of carbonyl (C=O) groups excluding carboxylic acids is 2. The SMILES string of the molecule is CC(C)(C(=O)OC(=O)C(C)(C)S(=O)(=O)O)S(=O)(=O)O. The van der Waals surface area contributed by atoms with Gasteiger partial charge in [0.15, 0.2) is 9.49 Å². The Morgan fingerprint density at radius 3 is 1.16 bits per heavy atom. The molecule has 0 aliphatic heterocycles. The molecule has 0 bridgehead atoms. The average molecular weight is 318 g/mol. The summed E-state index contributed by atoms with van der Waals surface area (Å²) in [7, 11) is -9.73. The summed E-state index contributed by atoms with van der Waals surface area (Å²) in [5, 5.41) is 0. The van der Waals surface area contributed by atoms with Crippen LogP contribution in [0, 0.1) is 0 Å². The van der Waals surface area contributed by atoms with Crippen molar-refractivity contribution in [3.8, 4) is 0 Å². The highest BCUT2D eigenvalue weighted by Gasteiger charge is 2.48. The Kier molecular flexibility index (Phi) is 4.55. The standard InChI is InChI=1S/C8H14O9S2/c1-7(2,18(11,12)13)5(9)17-6(10)8(3,4)19(14,15)16/h1-4H3,(H,11,12,13)(H,14,15,16). The Morgan fingerprint density at radius 2 is 1.00 bits per heavy atom. The maximum atomic E-state index is 11.4. The highest BCUT2D eigenvalue weighted by Crippen LogP contribution is 2.21. The molecule has 0 unspecified atom stereocenters. The first-order chi connectivity index (χ1) is 8.05. The molecule has 9 nitrogen and oxygen atoms in total. The van der Waals surface area contributed by atoms with Crippen molar-refractivity contribution in [2.24, 2.45) is 0 Å². The molecule has 0 radical (unpaired) electrons. The van der Waals surface area contributed by atoms with Crippen molar-refractivity contribution in [3.63, 3.8) is 0 Å². The molecule has 0 fully saturated rings. The molecule has 2 N–H and O–H groups in total. The molecule has 11 heteroatoms. The molecule has 0 aliphatic rings. The molecule has 0 rings (SSSR count). The molecule has 0 aromatic carbocycles. The number of esters is 2. The normalized spacial score (nSPS) is 14.0. The van der Waals surface area contributed by atoms with E-state index in [4.69, 9.17) is 9.11 Å². The zero-order valence-corrected chi connectivity index (χ0v) is 12.2. The van der Waals surface area contributed by atoms with Gasteiger partial charge in [-0.05, 0) is 27.7 Å². The van der Waals surface area contributed by atoms with Gasteiger partial charge in [-0.2, -0.15) is 16.8 Å². The minimum absolute atomic E-state index is 0.762. The Morgan fingerprint density at radius 1 is 0.789 bits per heavy atom. The van der Waals surface area contributed by atoms with Gasteiger partial charge in [0.2, 0.25) is 0 Å². The zero-order chi connectivity index (χ0) is 15.9. The topological polar surface area (TPSA) is 152 Å². The van der Waals surface area contributed by atoms with E-state index >= 15 is 0 Å². The molecule has 0 heterocycles. The van der Waals surface area contributed by atoms with E-state index in [1.165, 1.54) is 0 Å². The lowest BCUT2D eigenvalue weighted by molar-refractivity contribution is -0.162. The van der Waals surface area contributed by atoms with Crippen LogP contribution in [0.1, 0.15) is 27.7 Å². The van der Waals surface area contributed by atoms with Gasteiger partial charge in [0.05, 0.1) is 0 Å². The molecule has 19 heavy (non-hydrogen) atoms. The number of hydrogen-bond donors (Lipinski definition) is 2. The summed E-state index contributed by atoms with van der Waals surface area (Å²) >= 11 is 0. The molecule has 0 aromatic heterocycles. The van der Waals surface area contributed by atoms with Crippen LogP contribution in [0.5, 0.6) is 0 Å². The monoisotopic (exact) mass is 318 g/mol. The van der Waals surface area contributed by atoms with E-state index in [0.717, 1.165) is 27.7 Å². The second-order valence-corrected chi connectivity index (χ2v) is 8.59. The predicted octanol–water partition coefficient (Wildman–Crippen LogP) is -0.611. The van der Waals surface area contributed by atoms with Gasteiger partial charge in [0, 0.05) is 0 Å². The minimum Gasteiger partial charge on any atom is -0.391 e. The zero-order valence-electron chi connectivity index (χ0n) is 10.6. The van der Waals surface area contributed by atoms with E-state index in [1.54, 1.807) is 0 Å². The van der Waals surface area contributed by atoms with Gasteiger partial charge < -0.3 is 4.74 Å². The maximum absolute atomic E-state index is 11.4. The molecule has 0 amide bonds. The largest absolute Gasteiger partial charge is 0.391 e. The number of carbonyl (C=O) groups is 2. The van der Waals surface area contributed by atoms with Gasteiger partial charge in [-0.15, -0.1) is 0 Å². The Labute approximate surface area is 110 Å². The third-order valence-electron chi connectivity index (χ3n) is 2.46. The second-order valence-electron chi connectivity index (χ2n) is 4.65. The van der Waals surface area contributed by atoms with Crippen LogP contribution < -0.4 is 0 Å². The fourth-order valence-electron chi connectivity index (χ4n) is 0.541. The van der Waals surface area contributed by atoms with E-state index in [9.17, 15) is 26.4 Å². The number of rotatable bonds is 4. The first-order valence-corrected chi connectivity index (χ1v) is 7.64. The first kappa shape index (κ1) is 18.0. The smallest absolute Gasteiger partial charge is 0.337 e. The summed E-state index contributed by atoms with van der Waals surface area (Å²) in [6, 6.07) is 0. The molecule has 0 spiro atoms. The van der Waals surface area contributed by atoms with Crippen molar-refractivity contribution in [3.05, 3.63) is 0 Å². The van der Waals surface area contributed by atoms with Crippen LogP contribution in [0.15, 0.2) is 0 Å². The van der Waals surface area contributed by atoms with Gasteiger partial charge in [0.25, 0.3) is 20.2 Å². The fourth-order valence-corrected chi connectivity index (χ4v) is 1.05. The quantitative estimate of drug-likeness (QED) is 0.392. The van der Waals surface area contributed by atoms with Crippen molar-refractivity contribution in [2.75, 3.05) is 0 Å². The lowest BCUT2D eigenvalue weighted by Crippen LogP contribution is -2.48. The highest BCUT2D eigenvalue weighted by molar-refractivity contribution is 7.88. The van der Waals surface area contributed by atoms with Gasteiger partial charge in [-0.3, -0.25) is 9.11 Å². The van der Waals surface area contributed by atoms with Gasteiger partial charge in [0.1, 0.15) is 0 Å². The molecule has 0 atom stereocenters. The van der Waals surface area contributed by atoms with Crippen LogP contribution in [0.2, 0.25) is 0 Å². The summed E-state index contributed by atoms with van der Waals surface area (Å²) in [5.41, 5.74) is 0. The summed E-state index contributed by atoms with van der Waals surface area (Å²) in [4.78, 5) is 22.9. The predicted molar refractivity (Wildman–Crippen MR) is 62.4 cm³/mol. The third-order valence-corrected chi connectivity index (χ3v) is 5.37. The van der Waals surface area contributed by atoms with Crippen molar-refractivity contribution in [1.29, 1.82) is 0 Å². The lowest BCUT2D eigenvalue weighted by Gasteiger charge is -2.22. The average Bonchev–Trinajstić information content (AvgIpc) is 2.13. The molecule has 0 aliphatic carbocycles. The molecule has 0 saturated carbocycles. The third kappa shape index (κ3) is 3.49. The summed E-state index contributed by atoms with van der Waals surface area (Å²) in [6.07, 6.45) is 0. The Bertz CT molecular complexity index is 540. The van der Waals surface area contributed by atoms with E-state index in [2.05, 4.69) is 4.74 Å². The van der Waals surface area contributed by atoms with Gasteiger partial charge in [-0.1, -0.05) is 0 Å². The highest BCUT2D eigenvalue weighted by atomic mass is 32.2. The lowest BCUT2D eigenvalue weighted by atomic mass is 10.2. The molecule has 112 valence electrons. The molecular weight excluding hydrogens is 304 g/mol. The van der Waals surface area contributed by atoms with Crippen molar-refractivity contribution >= 4 is 32.2 Å². The van der Waals surface area contributed by atoms with Gasteiger partial charge >= 0.3 is 11.9 Å². The number of ether oxygens (including phenoxy) is 1. The van der Waals surface area contributed by atoms with Crippen LogP contribution in [-0.2, 0) is 34.6 Å². The van der Waals surface area contributed by atoms with E-state index in [1.807, 2.05) is 0 Å². The van der Waals surface area contributed by atoms with Crippen LogP contribution in [-0.4, -0.2) is 47.4 Å². The maximum Gasteiger partial charge on any atom is 0.337 e. The molecule has 0 saturated heterocycles. The molecule has 0 aromatic rings. The van der Waals surface area contributed by atoms with Gasteiger partial charge in [-0.25, -0.2) is 9.59 Å². The minimum atomic E-state index is -4.87. The summed E-state index contributed by atoms with van der Waals surface area (Å²) in [6.45, 7) is 3.05. The fraction of sp³-hybridized carbons (Fsp3) is 0.750. The number of hydrogen-bond acceptors (Lipinski definition) is 7. The van der Waals surface area contributed by atoms with Crippen molar-refractivity contribution in [2.45, 2.75) is 37.2 Å². The van der Waals surface area contributed by atoms with Crippen LogP contribution in [0.25, 0.3) is 0 Å². The second kappa shape index (κ2) is 4.81. The van der Waals surface area contributed by atoms with Crippen LogP contribution >= 0.6 is 0 Å².